The fourth-order valence-corrected chi connectivity index (χ4v) is 0.934. The van der Waals surface area contributed by atoms with Gasteiger partial charge in [0.15, 0.2) is 7.28 Å². The average Bonchev–Trinajstić information content (AvgIpc) is 2.10. The maximum Gasteiger partial charge on any atom is 0.151 e. The van der Waals surface area contributed by atoms with Crippen molar-refractivity contribution in [3.63, 3.8) is 0 Å². The highest BCUT2D eigenvalue weighted by atomic mass is 13.9. The predicted molar refractivity (Wildman–Crippen MR) is 58.5 cm³/mol. The van der Waals surface area contributed by atoms with Crippen LogP contribution in [0.2, 0.25) is 6.32 Å². The van der Waals surface area contributed by atoms with Crippen molar-refractivity contribution in [3.8, 4) is 0 Å². The molecule has 0 aliphatic rings. The molecule has 0 amide bonds. The van der Waals surface area contributed by atoms with Crippen LogP contribution in [-0.2, 0) is 0 Å². The fraction of sp³-hybridized carbons (Fsp3) is 0.273. The zero-order valence-electron chi connectivity index (χ0n) is 8.01. The molecule has 0 aromatic carbocycles. The van der Waals surface area contributed by atoms with Crippen LogP contribution >= 0.6 is 0 Å². The summed E-state index contributed by atoms with van der Waals surface area (Å²) in [5.74, 6) is 0. The van der Waals surface area contributed by atoms with Crippen molar-refractivity contribution in [2.75, 3.05) is 0 Å². The van der Waals surface area contributed by atoms with Crippen LogP contribution in [0.4, 0.5) is 0 Å². The molecule has 0 fully saturated rings. The van der Waals surface area contributed by atoms with Gasteiger partial charge in [-0.2, -0.15) is 0 Å². The topological polar surface area (TPSA) is 0 Å². The Morgan fingerprint density at radius 1 is 1.42 bits per heavy atom. The Hall–Kier alpha value is -0.975. The summed E-state index contributed by atoms with van der Waals surface area (Å²) in [7, 11) is 2.16. The van der Waals surface area contributed by atoms with E-state index in [4.69, 9.17) is 0 Å². The van der Waals surface area contributed by atoms with Crippen LogP contribution in [0.15, 0.2) is 48.5 Å². The Morgan fingerprint density at radius 3 is 2.50 bits per heavy atom. The van der Waals surface area contributed by atoms with Crippen LogP contribution in [0.1, 0.15) is 13.8 Å². The first-order valence-electron chi connectivity index (χ1n) is 4.21. The van der Waals surface area contributed by atoms with Gasteiger partial charge in [0.2, 0.25) is 0 Å². The quantitative estimate of drug-likeness (QED) is 0.426. The second-order valence-electron chi connectivity index (χ2n) is 2.55. The molecule has 0 atom stereocenters. The molecule has 12 heavy (non-hydrogen) atoms. The molecule has 1 radical (unpaired) electrons. The highest BCUT2D eigenvalue weighted by Gasteiger charge is 1.94. The molecule has 0 bridgehead atoms. The SMILES string of the molecule is C=C/C=C\C(C)=C(\[B]CC)C=C. The monoisotopic (exact) mass is 159 g/mol. The smallest absolute Gasteiger partial charge is 0.0996 e. The molecule has 0 aliphatic carbocycles. The van der Waals surface area contributed by atoms with Gasteiger partial charge >= 0.3 is 0 Å². The highest BCUT2D eigenvalue weighted by molar-refractivity contribution is 6.46. The van der Waals surface area contributed by atoms with Crippen molar-refractivity contribution in [1.82, 2.24) is 0 Å². The summed E-state index contributed by atoms with van der Waals surface area (Å²) >= 11 is 0. The third kappa shape index (κ3) is 4.02. The first kappa shape index (κ1) is 11.0. The van der Waals surface area contributed by atoms with Crippen LogP contribution in [-0.4, -0.2) is 7.28 Å². The van der Waals surface area contributed by atoms with Crippen LogP contribution in [0, 0.1) is 0 Å². The van der Waals surface area contributed by atoms with E-state index >= 15 is 0 Å². The molecule has 0 heterocycles. The van der Waals surface area contributed by atoms with Gasteiger partial charge in [0.1, 0.15) is 0 Å². The fourth-order valence-electron chi connectivity index (χ4n) is 0.934. The highest BCUT2D eigenvalue weighted by Crippen LogP contribution is 2.06. The molecule has 0 saturated heterocycles. The van der Waals surface area contributed by atoms with E-state index in [1.807, 2.05) is 18.2 Å². The third-order valence-corrected chi connectivity index (χ3v) is 1.58. The van der Waals surface area contributed by atoms with E-state index in [-0.39, 0.29) is 0 Å². The molecule has 0 nitrogen and oxygen atoms in total. The van der Waals surface area contributed by atoms with Crippen molar-refractivity contribution in [2.24, 2.45) is 0 Å². The minimum atomic E-state index is 1.04. The lowest BCUT2D eigenvalue weighted by Crippen LogP contribution is -1.93. The van der Waals surface area contributed by atoms with E-state index in [0.29, 0.717) is 0 Å². The van der Waals surface area contributed by atoms with Gasteiger partial charge in [0.05, 0.1) is 0 Å². The molecule has 63 valence electrons. The summed E-state index contributed by atoms with van der Waals surface area (Å²) in [4.78, 5) is 0. The van der Waals surface area contributed by atoms with Crippen molar-refractivity contribution < 1.29 is 0 Å². The number of hydrogen-bond acceptors (Lipinski definition) is 0. The molecule has 0 aliphatic heterocycles. The van der Waals surface area contributed by atoms with Gasteiger partial charge in [-0.3, -0.25) is 0 Å². The largest absolute Gasteiger partial charge is 0.151 e. The number of allylic oxidation sites excluding steroid dienone is 6. The van der Waals surface area contributed by atoms with Gasteiger partial charge in [-0.1, -0.05) is 61.8 Å². The molecule has 0 saturated carbocycles. The number of hydrogen-bond donors (Lipinski definition) is 0. The normalized spacial score (nSPS) is 12.5. The third-order valence-electron chi connectivity index (χ3n) is 1.58. The Balaban J connectivity index is 4.46. The Kier molecular flexibility index (Phi) is 6.17. The van der Waals surface area contributed by atoms with Gasteiger partial charge in [-0.05, 0) is 6.92 Å². The summed E-state index contributed by atoms with van der Waals surface area (Å²) in [5.41, 5.74) is 2.43. The number of rotatable bonds is 5. The second-order valence-corrected chi connectivity index (χ2v) is 2.55. The summed E-state index contributed by atoms with van der Waals surface area (Å²) in [6.07, 6.45) is 8.67. The molecule has 0 rings (SSSR count). The van der Waals surface area contributed by atoms with Crippen LogP contribution in [0.3, 0.4) is 0 Å². The van der Waals surface area contributed by atoms with Gasteiger partial charge < -0.3 is 0 Å². The van der Waals surface area contributed by atoms with Crippen molar-refractivity contribution >= 4 is 7.28 Å². The van der Waals surface area contributed by atoms with E-state index in [1.165, 1.54) is 11.0 Å². The molecule has 0 aromatic rings. The lowest BCUT2D eigenvalue weighted by atomic mass is 9.65. The molecule has 1 heteroatoms. The summed E-state index contributed by atoms with van der Waals surface area (Å²) in [6.45, 7) is 11.6. The maximum absolute atomic E-state index is 3.76. The van der Waals surface area contributed by atoms with E-state index in [0.717, 1.165) is 6.32 Å². The van der Waals surface area contributed by atoms with Gasteiger partial charge in [-0.15, -0.1) is 0 Å². The van der Waals surface area contributed by atoms with Crippen molar-refractivity contribution in [1.29, 1.82) is 0 Å². The zero-order chi connectivity index (χ0) is 9.40. The Morgan fingerprint density at radius 2 is 2.08 bits per heavy atom. The molecular formula is C11H16B. The minimum Gasteiger partial charge on any atom is -0.0996 e. The second kappa shape index (κ2) is 6.72. The Labute approximate surface area is 76.6 Å². The average molecular weight is 159 g/mol. The van der Waals surface area contributed by atoms with E-state index in [2.05, 4.69) is 34.3 Å². The molecule has 0 N–H and O–H groups in total. The van der Waals surface area contributed by atoms with Gasteiger partial charge in [0, 0.05) is 0 Å². The first-order chi connectivity index (χ1) is 5.76. The summed E-state index contributed by atoms with van der Waals surface area (Å²) in [6, 6.07) is 0. The van der Waals surface area contributed by atoms with Crippen LogP contribution < -0.4 is 0 Å². The minimum absolute atomic E-state index is 1.04. The molecule has 0 unspecified atom stereocenters. The van der Waals surface area contributed by atoms with Crippen molar-refractivity contribution in [3.05, 3.63) is 48.5 Å². The van der Waals surface area contributed by atoms with Gasteiger partial charge in [0.25, 0.3) is 0 Å². The maximum atomic E-state index is 3.76. The lowest BCUT2D eigenvalue weighted by molar-refractivity contribution is 1.42. The Bertz CT molecular complexity index is 209. The summed E-state index contributed by atoms with van der Waals surface area (Å²) in [5, 5.41) is 0. The van der Waals surface area contributed by atoms with Crippen LogP contribution in [0.25, 0.3) is 0 Å². The molecular weight excluding hydrogens is 143 g/mol. The lowest BCUT2D eigenvalue weighted by Gasteiger charge is -2.00. The summed E-state index contributed by atoms with van der Waals surface area (Å²) < 4.78 is 0. The zero-order valence-corrected chi connectivity index (χ0v) is 8.01. The van der Waals surface area contributed by atoms with E-state index in [1.54, 1.807) is 6.08 Å². The van der Waals surface area contributed by atoms with Gasteiger partial charge in [-0.25, -0.2) is 0 Å². The molecule has 0 aromatic heterocycles. The molecule has 0 spiro atoms. The van der Waals surface area contributed by atoms with E-state index < -0.39 is 0 Å². The first-order valence-corrected chi connectivity index (χ1v) is 4.21. The van der Waals surface area contributed by atoms with E-state index in [9.17, 15) is 0 Å². The standard InChI is InChI=1S/C11H16B/c1-5-8-9-10(4)11(6-2)12-7-3/h5-6,8-9H,1-2,7H2,3-4H3/b9-8-,11-10+. The predicted octanol–water partition coefficient (Wildman–Crippen LogP) is 3.33. The van der Waals surface area contributed by atoms with Crippen LogP contribution in [0.5, 0.6) is 0 Å². The van der Waals surface area contributed by atoms with Crippen molar-refractivity contribution in [2.45, 2.75) is 20.2 Å².